The number of nitrogens with zero attached hydrogens (tertiary/aromatic N) is 2. The summed E-state index contributed by atoms with van der Waals surface area (Å²) in [5, 5.41) is 3.78. The second-order valence-corrected chi connectivity index (χ2v) is 7.91. The highest BCUT2D eigenvalue weighted by atomic mass is 32.2. The zero-order valence-electron chi connectivity index (χ0n) is 15.0. The fourth-order valence-electron chi connectivity index (χ4n) is 3.94. The molecule has 3 aliphatic heterocycles. The summed E-state index contributed by atoms with van der Waals surface area (Å²) in [6, 6.07) is 8.19. The van der Waals surface area contributed by atoms with Crippen molar-refractivity contribution >= 4 is 17.7 Å². The zero-order chi connectivity index (χ0) is 18.1. The van der Waals surface area contributed by atoms with Crippen molar-refractivity contribution in [3.8, 4) is 5.95 Å². The molecule has 2 aromatic rings. The van der Waals surface area contributed by atoms with Crippen LogP contribution in [-0.2, 0) is 0 Å². The Morgan fingerprint density at radius 1 is 1.31 bits per heavy atom. The van der Waals surface area contributed by atoms with Gasteiger partial charge in [-0.1, -0.05) is 0 Å². The first kappa shape index (κ1) is 17.4. The van der Waals surface area contributed by atoms with Crippen LogP contribution in [-0.4, -0.2) is 48.1 Å². The minimum absolute atomic E-state index is 0.00458. The first-order valence-electron chi connectivity index (χ1n) is 8.96. The molecule has 1 N–H and O–H groups in total. The number of carbonyl (C=O) groups is 1. The third-order valence-corrected chi connectivity index (χ3v) is 6.33. The van der Waals surface area contributed by atoms with E-state index in [-0.39, 0.29) is 11.9 Å². The Labute approximate surface area is 157 Å². The van der Waals surface area contributed by atoms with Gasteiger partial charge in [-0.3, -0.25) is 9.69 Å². The van der Waals surface area contributed by atoms with E-state index in [4.69, 9.17) is 9.15 Å². The molecule has 0 saturated carbocycles. The number of carbonyl (C=O) groups excluding carboxylic acids is 1. The lowest BCUT2D eigenvalue weighted by atomic mass is 9.79. The van der Waals surface area contributed by atoms with E-state index in [1.165, 1.54) is 24.6 Å². The van der Waals surface area contributed by atoms with Crippen LogP contribution < -0.4 is 10.1 Å². The summed E-state index contributed by atoms with van der Waals surface area (Å²) in [5.74, 6) is 0.994. The maximum atomic E-state index is 12.7. The number of benzene rings is 1. The van der Waals surface area contributed by atoms with Crippen LogP contribution in [0.5, 0.6) is 5.95 Å². The van der Waals surface area contributed by atoms with Crippen molar-refractivity contribution in [1.82, 2.24) is 15.2 Å². The van der Waals surface area contributed by atoms with E-state index >= 15 is 0 Å². The first-order chi connectivity index (χ1) is 12.6. The number of fused-ring (bicyclic) bond motifs is 3. The number of rotatable bonds is 5. The Morgan fingerprint density at radius 2 is 2.04 bits per heavy atom. The largest absolute Gasteiger partial charge is 0.467 e. The van der Waals surface area contributed by atoms with Gasteiger partial charge in [-0.15, -0.1) is 0 Å². The van der Waals surface area contributed by atoms with Crippen LogP contribution >= 0.6 is 11.8 Å². The SMILES string of the molecule is COc1cnc(Sc2ccc(C(=O)N[C@@H]3C4CCN(CC4)[C@@H]3C)cc2)o1. The lowest BCUT2D eigenvalue weighted by Crippen LogP contribution is -2.62. The van der Waals surface area contributed by atoms with Gasteiger partial charge in [-0.2, -0.15) is 0 Å². The molecule has 2 bridgehead atoms. The third-order valence-electron chi connectivity index (χ3n) is 5.46. The van der Waals surface area contributed by atoms with Crippen LogP contribution in [0, 0.1) is 5.92 Å². The molecule has 1 aromatic carbocycles. The van der Waals surface area contributed by atoms with Crippen LogP contribution in [0.1, 0.15) is 30.1 Å². The number of piperidine rings is 3. The summed E-state index contributed by atoms with van der Waals surface area (Å²) >= 11 is 1.39. The Balaban J connectivity index is 1.39. The molecular formula is C19H23N3O3S. The number of amides is 1. The lowest BCUT2D eigenvalue weighted by Gasteiger charge is -2.49. The predicted molar refractivity (Wildman–Crippen MR) is 98.6 cm³/mol. The molecule has 3 saturated heterocycles. The van der Waals surface area contributed by atoms with Crippen molar-refractivity contribution in [2.45, 2.75) is 42.0 Å². The third kappa shape index (κ3) is 3.46. The van der Waals surface area contributed by atoms with Gasteiger partial charge in [0, 0.05) is 22.5 Å². The molecule has 1 aromatic heterocycles. The molecule has 6 nitrogen and oxygen atoms in total. The van der Waals surface area contributed by atoms with Crippen LogP contribution in [0.3, 0.4) is 0 Å². The Bertz CT molecular complexity index is 767. The van der Waals surface area contributed by atoms with Crippen molar-refractivity contribution in [2.24, 2.45) is 5.92 Å². The molecule has 0 aliphatic carbocycles. The van der Waals surface area contributed by atoms with Crippen molar-refractivity contribution in [3.05, 3.63) is 36.0 Å². The van der Waals surface area contributed by atoms with E-state index in [0.29, 0.717) is 28.7 Å². The second-order valence-electron chi connectivity index (χ2n) is 6.89. The van der Waals surface area contributed by atoms with E-state index in [9.17, 15) is 4.79 Å². The van der Waals surface area contributed by atoms with E-state index in [2.05, 4.69) is 22.1 Å². The average Bonchev–Trinajstić information content (AvgIpc) is 3.13. The van der Waals surface area contributed by atoms with Crippen LogP contribution in [0.25, 0.3) is 0 Å². The molecule has 3 fully saturated rings. The first-order valence-corrected chi connectivity index (χ1v) is 9.78. The molecule has 0 radical (unpaired) electrons. The van der Waals surface area contributed by atoms with E-state index in [1.807, 2.05) is 24.3 Å². The molecule has 0 spiro atoms. The summed E-state index contributed by atoms with van der Waals surface area (Å²) in [5.41, 5.74) is 0.683. The highest BCUT2D eigenvalue weighted by Gasteiger charge is 2.40. The molecular weight excluding hydrogens is 350 g/mol. The number of hydrogen-bond acceptors (Lipinski definition) is 6. The van der Waals surface area contributed by atoms with E-state index in [0.717, 1.165) is 18.0 Å². The summed E-state index contributed by atoms with van der Waals surface area (Å²) in [4.78, 5) is 20.2. The maximum absolute atomic E-state index is 12.7. The summed E-state index contributed by atoms with van der Waals surface area (Å²) in [7, 11) is 1.54. The highest BCUT2D eigenvalue weighted by molar-refractivity contribution is 7.99. The molecule has 1 amide bonds. The summed E-state index contributed by atoms with van der Waals surface area (Å²) < 4.78 is 10.4. The molecule has 26 heavy (non-hydrogen) atoms. The van der Waals surface area contributed by atoms with Gasteiger partial charge in [-0.25, -0.2) is 4.98 Å². The monoisotopic (exact) mass is 373 g/mol. The second kappa shape index (κ2) is 7.32. The average molecular weight is 373 g/mol. The molecule has 2 atom stereocenters. The van der Waals surface area contributed by atoms with Gasteiger partial charge in [0.15, 0.2) is 0 Å². The van der Waals surface area contributed by atoms with Crippen LogP contribution in [0.15, 0.2) is 45.0 Å². The van der Waals surface area contributed by atoms with Crippen molar-refractivity contribution in [3.63, 3.8) is 0 Å². The standard InChI is InChI=1S/C19H23N3O3S/c1-12-17(13-7-9-22(12)10-8-13)21-18(23)14-3-5-15(6-4-14)26-19-20-11-16(24-2)25-19/h3-6,11-13,17H,7-10H2,1-2H3,(H,21,23)/t12-,17+/m1/s1. The minimum Gasteiger partial charge on any atom is -0.467 e. The van der Waals surface area contributed by atoms with Crippen molar-refractivity contribution < 1.29 is 13.9 Å². The lowest BCUT2D eigenvalue weighted by molar-refractivity contribution is 0.0217. The van der Waals surface area contributed by atoms with Gasteiger partial charge < -0.3 is 14.5 Å². The minimum atomic E-state index is 0.00458. The highest BCUT2D eigenvalue weighted by Crippen LogP contribution is 2.32. The van der Waals surface area contributed by atoms with Gasteiger partial charge >= 0.3 is 5.95 Å². The number of aromatic nitrogens is 1. The summed E-state index contributed by atoms with van der Waals surface area (Å²) in [6.45, 7) is 4.55. The number of methoxy groups -OCH3 is 1. The fraction of sp³-hybridized carbons (Fsp3) is 0.474. The Kier molecular flexibility index (Phi) is 4.91. The molecule has 3 aliphatic rings. The van der Waals surface area contributed by atoms with Gasteiger partial charge in [-0.05, 0) is 74.8 Å². The number of nitrogens with one attached hydrogen (secondary N) is 1. The molecule has 5 rings (SSSR count). The van der Waals surface area contributed by atoms with Gasteiger partial charge in [0.25, 0.3) is 11.1 Å². The van der Waals surface area contributed by atoms with Crippen molar-refractivity contribution in [1.29, 1.82) is 0 Å². The van der Waals surface area contributed by atoms with Crippen LogP contribution in [0.4, 0.5) is 0 Å². The molecule has 138 valence electrons. The predicted octanol–water partition coefficient (Wildman–Crippen LogP) is 3.05. The Hall–Kier alpha value is -1.99. The van der Waals surface area contributed by atoms with E-state index < -0.39 is 0 Å². The maximum Gasteiger partial charge on any atom is 0.305 e. The fourth-order valence-corrected chi connectivity index (χ4v) is 4.64. The van der Waals surface area contributed by atoms with Crippen molar-refractivity contribution in [2.75, 3.05) is 20.2 Å². The van der Waals surface area contributed by atoms with E-state index in [1.54, 1.807) is 13.3 Å². The topological polar surface area (TPSA) is 67.6 Å². The van der Waals surface area contributed by atoms with Gasteiger partial charge in [0.05, 0.1) is 7.11 Å². The smallest absolute Gasteiger partial charge is 0.305 e. The Morgan fingerprint density at radius 3 is 2.65 bits per heavy atom. The summed E-state index contributed by atoms with van der Waals surface area (Å²) in [6.07, 6.45) is 3.91. The number of ether oxygens (including phenoxy) is 1. The van der Waals surface area contributed by atoms with Gasteiger partial charge in [0.2, 0.25) is 0 Å². The molecule has 4 heterocycles. The van der Waals surface area contributed by atoms with Crippen LogP contribution in [0.2, 0.25) is 0 Å². The normalized spacial score (nSPS) is 27.3. The van der Waals surface area contributed by atoms with Gasteiger partial charge in [0.1, 0.15) is 6.20 Å². The zero-order valence-corrected chi connectivity index (χ0v) is 15.8. The quantitative estimate of drug-likeness (QED) is 0.869. The number of oxazole rings is 1. The number of hydrogen-bond donors (Lipinski definition) is 1. The molecule has 7 heteroatoms. The molecule has 0 unspecified atom stereocenters.